The van der Waals surface area contributed by atoms with Gasteiger partial charge >= 0.3 is 0 Å². The van der Waals surface area contributed by atoms with Gasteiger partial charge in [-0.25, -0.2) is 4.39 Å². The highest BCUT2D eigenvalue weighted by atomic mass is 79.9. The summed E-state index contributed by atoms with van der Waals surface area (Å²) in [7, 11) is 0. The van der Waals surface area contributed by atoms with Gasteiger partial charge in [0.25, 0.3) is 0 Å². The third kappa shape index (κ3) is 3.26. The van der Waals surface area contributed by atoms with Crippen molar-refractivity contribution in [2.45, 2.75) is 63.6 Å². The van der Waals surface area contributed by atoms with E-state index in [4.69, 9.17) is 0 Å². The van der Waals surface area contributed by atoms with Crippen molar-refractivity contribution < 1.29 is 4.39 Å². The second kappa shape index (κ2) is 6.66. The standard InChI is InChI=1S/C17H24BrFN2/c1-2-8-20-13-10-14-4-3-5-15(11-13)21(14)17-7-6-12(19)9-16(17)18/h6-7,9,13-15,20H,2-5,8,10-11H2,1H3. The van der Waals surface area contributed by atoms with Crippen LogP contribution < -0.4 is 10.2 Å². The fraction of sp³-hybridized carbons (Fsp3) is 0.647. The molecule has 4 heteroatoms. The molecular weight excluding hydrogens is 331 g/mol. The summed E-state index contributed by atoms with van der Waals surface area (Å²) in [6.45, 7) is 3.34. The molecule has 0 radical (unpaired) electrons. The molecule has 0 spiro atoms. The van der Waals surface area contributed by atoms with Gasteiger partial charge in [0, 0.05) is 22.6 Å². The summed E-state index contributed by atoms with van der Waals surface area (Å²) in [5.74, 6) is -0.171. The molecule has 3 rings (SSSR count). The van der Waals surface area contributed by atoms with Crippen LogP contribution in [0.2, 0.25) is 0 Å². The van der Waals surface area contributed by atoms with Crippen LogP contribution in [0.25, 0.3) is 0 Å². The first-order valence-corrected chi connectivity index (χ1v) is 8.95. The molecule has 0 saturated carbocycles. The van der Waals surface area contributed by atoms with Crippen LogP contribution >= 0.6 is 15.9 Å². The van der Waals surface area contributed by atoms with E-state index in [1.54, 1.807) is 12.1 Å². The quantitative estimate of drug-likeness (QED) is 0.857. The summed E-state index contributed by atoms with van der Waals surface area (Å²) >= 11 is 3.55. The van der Waals surface area contributed by atoms with Crippen molar-refractivity contribution >= 4 is 21.6 Å². The fourth-order valence-corrected chi connectivity index (χ4v) is 4.54. The maximum Gasteiger partial charge on any atom is 0.124 e. The lowest BCUT2D eigenvalue weighted by molar-refractivity contribution is 0.245. The molecule has 2 heterocycles. The first kappa shape index (κ1) is 15.3. The maximum absolute atomic E-state index is 13.3. The Morgan fingerprint density at radius 2 is 2.00 bits per heavy atom. The van der Waals surface area contributed by atoms with E-state index in [2.05, 4.69) is 33.1 Å². The van der Waals surface area contributed by atoms with Gasteiger partial charge in [-0.1, -0.05) is 6.92 Å². The molecule has 2 aliphatic heterocycles. The van der Waals surface area contributed by atoms with Gasteiger partial charge in [-0.3, -0.25) is 0 Å². The van der Waals surface area contributed by atoms with Crippen molar-refractivity contribution in [3.05, 3.63) is 28.5 Å². The van der Waals surface area contributed by atoms with Crippen LogP contribution in [0, 0.1) is 5.82 Å². The van der Waals surface area contributed by atoms with E-state index in [1.807, 2.05) is 6.07 Å². The SMILES string of the molecule is CCCNC1CC2CCCC(C1)N2c1ccc(F)cc1Br. The van der Waals surface area contributed by atoms with Crippen molar-refractivity contribution in [2.75, 3.05) is 11.4 Å². The van der Waals surface area contributed by atoms with E-state index >= 15 is 0 Å². The smallest absolute Gasteiger partial charge is 0.124 e. The average Bonchev–Trinajstić information content (AvgIpc) is 2.44. The van der Waals surface area contributed by atoms with E-state index in [0.717, 1.165) is 11.0 Å². The molecule has 0 aliphatic carbocycles. The van der Waals surface area contributed by atoms with Gasteiger partial charge in [0.2, 0.25) is 0 Å². The lowest BCUT2D eigenvalue weighted by Crippen LogP contribution is -2.56. The van der Waals surface area contributed by atoms with Crippen LogP contribution in [0.1, 0.15) is 45.4 Å². The predicted molar refractivity (Wildman–Crippen MR) is 89.3 cm³/mol. The number of anilines is 1. The largest absolute Gasteiger partial charge is 0.365 e. The van der Waals surface area contributed by atoms with Crippen molar-refractivity contribution in [3.63, 3.8) is 0 Å². The number of hydrogen-bond acceptors (Lipinski definition) is 2. The summed E-state index contributed by atoms with van der Waals surface area (Å²) in [6, 6.07) is 6.94. The van der Waals surface area contributed by atoms with Crippen LogP contribution in [0.5, 0.6) is 0 Å². The van der Waals surface area contributed by atoms with Crippen molar-refractivity contribution in [3.8, 4) is 0 Å². The molecule has 2 fully saturated rings. The molecule has 0 amide bonds. The van der Waals surface area contributed by atoms with Crippen LogP contribution in [0.4, 0.5) is 10.1 Å². The molecule has 2 bridgehead atoms. The Balaban J connectivity index is 1.80. The topological polar surface area (TPSA) is 15.3 Å². The third-order valence-corrected chi connectivity index (χ3v) is 5.48. The zero-order valence-corrected chi connectivity index (χ0v) is 14.2. The lowest BCUT2D eigenvalue weighted by Gasteiger charge is -2.50. The van der Waals surface area contributed by atoms with Gasteiger partial charge in [0.1, 0.15) is 5.82 Å². The third-order valence-electron chi connectivity index (χ3n) is 4.85. The van der Waals surface area contributed by atoms with Gasteiger partial charge in [-0.2, -0.15) is 0 Å². The maximum atomic E-state index is 13.3. The summed E-state index contributed by atoms with van der Waals surface area (Å²) in [6.07, 6.45) is 7.44. The van der Waals surface area contributed by atoms with Crippen molar-refractivity contribution in [1.29, 1.82) is 0 Å². The number of nitrogens with one attached hydrogen (secondary N) is 1. The number of fused-ring (bicyclic) bond motifs is 2. The second-order valence-corrected chi connectivity index (χ2v) is 7.22. The van der Waals surface area contributed by atoms with Crippen LogP contribution in [-0.2, 0) is 0 Å². The predicted octanol–water partition coefficient (Wildman–Crippen LogP) is 4.48. The molecule has 116 valence electrons. The Morgan fingerprint density at radius 1 is 1.29 bits per heavy atom. The minimum Gasteiger partial charge on any atom is -0.365 e. The molecule has 1 aromatic carbocycles. The van der Waals surface area contributed by atoms with E-state index in [1.165, 1.54) is 44.2 Å². The Labute approximate surface area is 135 Å². The summed E-state index contributed by atoms with van der Waals surface area (Å²) in [5, 5.41) is 3.70. The Kier molecular flexibility index (Phi) is 4.85. The fourth-order valence-electron chi connectivity index (χ4n) is 3.98. The monoisotopic (exact) mass is 354 g/mol. The Hall–Kier alpha value is -0.610. The van der Waals surface area contributed by atoms with Crippen molar-refractivity contribution in [2.24, 2.45) is 0 Å². The highest BCUT2D eigenvalue weighted by molar-refractivity contribution is 9.10. The molecule has 1 N–H and O–H groups in total. The van der Waals surface area contributed by atoms with E-state index < -0.39 is 0 Å². The molecule has 1 aromatic rings. The molecule has 0 aromatic heterocycles. The van der Waals surface area contributed by atoms with Crippen LogP contribution in [0.3, 0.4) is 0 Å². The number of hydrogen-bond donors (Lipinski definition) is 1. The zero-order chi connectivity index (χ0) is 14.8. The first-order chi connectivity index (χ1) is 10.2. The lowest BCUT2D eigenvalue weighted by atomic mass is 9.81. The minimum absolute atomic E-state index is 0.171. The first-order valence-electron chi connectivity index (χ1n) is 8.15. The molecule has 21 heavy (non-hydrogen) atoms. The van der Waals surface area contributed by atoms with Crippen LogP contribution in [0.15, 0.2) is 22.7 Å². The number of nitrogens with zero attached hydrogens (tertiary/aromatic N) is 1. The number of halogens is 2. The molecular formula is C17H24BrFN2. The van der Waals surface area contributed by atoms with Gasteiger partial charge in [-0.15, -0.1) is 0 Å². The van der Waals surface area contributed by atoms with E-state index in [9.17, 15) is 4.39 Å². The zero-order valence-electron chi connectivity index (χ0n) is 12.6. The highest BCUT2D eigenvalue weighted by Gasteiger charge is 2.38. The summed E-state index contributed by atoms with van der Waals surface area (Å²) in [4.78, 5) is 2.55. The summed E-state index contributed by atoms with van der Waals surface area (Å²) < 4.78 is 14.2. The number of rotatable bonds is 4. The Morgan fingerprint density at radius 3 is 2.62 bits per heavy atom. The van der Waals surface area contributed by atoms with Gasteiger partial charge in [0.05, 0.1) is 5.69 Å². The minimum atomic E-state index is -0.171. The molecule has 2 nitrogen and oxygen atoms in total. The molecule has 2 saturated heterocycles. The Bertz CT molecular complexity index is 480. The second-order valence-electron chi connectivity index (χ2n) is 6.36. The van der Waals surface area contributed by atoms with Gasteiger partial charge in [0.15, 0.2) is 0 Å². The molecule has 2 unspecified atom stereocenters. The number of piperidine rings is 2. The van der Waals surface area contributed by atoms with Crippen LogP contribution in [-0.4, -0.2) is 24.7 Å². The highest BCUT2D eigenvalue weighted by Crippen LogP contribution is 2.40. The average molecular weight is 355 g/mol. The number of benzene rings is 1. The summed E-state index contributed by atoms with van der Waals surface area (Å²) in [5.41, 5.74) is 1.17. The normalized spacial score (nSPS) is 28.7. The van der Waals surface area contributed by atoms with E-state index in [0.29, 0.717) is 18.1 Å². The van der Waals surface area contributed by atoms with E-state index in [-0.39, 0.29) is 5.82 Å². The molecule has 2 atom stereocenters. The molecule has 2 aliphatic rings. The van der Waals surface area contributed by atoms with Crippen molar-refractivity contribution in [1.82, 2.24) is 5.32 Å². The van der Waals surface area contributed by atoms with Gasteiger partial charge < -0.3 is 10.2 Å². The van der Waals surface area contributed by atoms with Gasteiger partial charge in [-0.05, 0) is 79.2 Å².